The molecular weight excluding hydrogens is 354 g/mol. The van der Waals surface area contributed by atoms with Crippen LogP contribution < -0.4 is 10.2 Å². The maximum Gasteiger partial charge on any atom is 0.317 e. The maximum atomic E-state index is 12.5. The lowest BCUT2D eigenvalue weighted by molar-refractivity contribution is 0.128. The fourth-order valence-electron chi connectivity index (χ4n) is 3.52. The first kappa shape index (κ1) is 20.2. The highest BCUT2D eigenvalue weighted by Gasteiger charge is 2.21. The van der Waals surface area contributed by atoms with Gasteiger partial charge in [0.05, 0.1) is 12.2 Å². The van der Waals surface area contributed by atoms with Crippen molar-refractivity contribution in [2.24, 2.45) is 0 Å². The summed E-state index contributed by atoms with van der Waals surface area (Å²) >= 11 is 0. The smallest absolute Gasteiger partial charge is 0.317 e. The second-order valence-corrected chi connectivity index (χ2v) is 7.35. The van der Waals surface area contributed by atoms with E-state index < -0.39 is 0 Å². The molecule has 1 aliphatic rings. The van der Waals surface area contributed by atoms with Gasteiger partial charge in [-0.2, -0.15) is 0 Å². The van der Waals surface area contributed by atoms with E-state index >= 15 is 0 Å². The molecule has 7 nitrogen and oxygen atoms in total. The van der Waals surface area contributed by atoms with E-state index in [9.17, 15) is 4.79 Å². The van der Waals surface area contributed by atoms with Crippen molar-refractivity contribution in [2.45, 2.75) is 27.3 Å². The predicted molar refractivity (Wildman–Crippen MR) is 111 cm³/mol. The lowest BCUT2D eigenvalue weighted by Crippen LogP contribution is -2.52. The summed E-state index contributed by atoms with van der Waals surface area (Å²) in [5, 5.41) is 6.99. The number of hydrogen-bond acceptors (Lipinski definition) is 5. The second-order valence-electron chi connectivity index (χ2n) is 7.35. The number of rotatable bonds is 7. The van der Waals surface area contributed by atoms with Gasteiger partial charge in [-0.05, 0) is 38.5 Å². The normalized spacial score (nSPS) is 14.9. The summed E-state index contributed by atoms with van der Waals surface area (Å²) in [6.07, 6.45) is 0. The van der Waals surface area contributed by atoms with Crippen LogP contribution in [-0.4, -0.2) is 66.8 Å². The molecule has 1 aromatic heterocycles. The number of amides is 2. The third-order valence-corrected chi connectivity index (χ3v) is 5.12. The van der Waals surface area contributed by atoms with Crippen LogP contribution in [0.2, 0.25) is 0 Å². The van der Waals surface area contributed by atoms with Gasteiger partial charge in [-0.3, -0.25) is 4.90 Å². The molecule has 1 fully saturated rings. The van der Waals surface area contributed by atoms with Gasteiger partial charge in [-0.25, -0.2) is 4.79 Å². The molecule has 1 aromatic carbocycles. The standard InChI is InChI=1S/C21H31N5O2/c1-4-25(19-7-5-6-17(2)14-19)9-8-22-21(27)26-12-10-24(11-13-26)16-20-15-18(3)23-28-20/h5-7,14-15H,4,8-13,16H2,1-3H3,(H,22,27). The number of carbonyl (C=O) groups excluding carboxylic acids is 1. The number of piperazine rings is 1. The topological polar surface area (TPSA) is 64.9 Å². The van der Waals surface area contributed by atoms with Crippen molar-refractivity contribution in [1.82, 2.24) is 20.3 Å². The Morgan fingerprint density at radius 2 is 2.00 bits per heavy atom. The van der Waals surface area contributed by atoms with Crippen molar-refractivity contribution < 1.29 is 9.32 Å². The summed E-state index contributed by atoms with van der Waals surface area (Å²) in [7, 11) is 0. The van der Waals surface area contributed by atoms with Crippen molar-refractivity contribution >= 4 is 11.7 Å². The molecule has 0 aliphatic carbocycles. The van der Waals surface area contributed by atoms with Crippen LogP contribution in [0.5, 0.6) is 0 Å². The predicted octanol–water partition coefficient (Wildman–Crippen LogP) is 2.65. The Bertz CT molecular complexity index is 768. The number of nitrogens with zero attached hydrogens (tertiary/aromatic N) is 4. The zero-order valence-corrected chi connectivity index (χ0v) is 17.1. The van der Waals surface area contributed by atoms with Crippen LogP contribution in [0.1, 0.15) is 23.9 Å². The summed E-state index contributed by atoms with van der Waals surface area (Å²) in [6.45, 7) is 12.4. The molecule has 2 amide bonds. The first-order valence-electron chi connectivity index (χ1n) is 10.0. The van der Waals surface area contributed by atoms with Gasteiger partial charge in [0, 0.05) is 57.6 Å². The first-order valence-corrected chi connectivity index (χ1v) is 10.0. The Hall–Kier alpha value is -2.54. The van der Waals surface area contributed by atoms with Gasteiger partial charge in [0.25, 0.3) is 0 Å². The summed E-state index contributed by atoms with van der Waals surface area (Å²) in [5.41, 5.74) is 3.35. The van der Waals surface area contributed by atoms with Crippen LogP contribution in [0, 0.1) is 13.8 Å². The molecule has 0 atom stereocenters. The molecule has 1 saturated heterocycles. The van der Waals surface area contributed by atoms with E-state index in [-0.39, 0.29) is 6.03 Å². The van der Waals surface area contributed by atoms with Gasteiger partial charge in [0.15, 0.2) is 5.76 Å². The molecule has 7 heteroatoms. The number of aromatic nitrogens is 1. The Kier molecular flexibility index (Phi) is 6.92. The average Bonchev–Trinajstić information content (AvgIpc) is 3.10. The van der Waals surface area contributed by atoms with E-state index in [2.05, 4.69) is 58.4 Å². The summed E-state index contributed by atoms with van der Waals surface area (Å²) in [6, 6.07) is 10.5. The average molecular weight is 386 g/mol. The fourth-order valence-corrected chi connectivity index (χ4v) is 3.52. The summed E-state index contributed by atoms with van der Waals surface area (Å²) in [5.74, 6) is 0.881. The third kappa shape index (κ3) is 5.48. The van der Waals surface area contributed by atoms with Crippen LogP contribution >= 0.6 is 0 Å². The van der Waals surface area contributed by atoms with Gasteiger partial charge in [-0.1, -0.05) is 17.3 Å². The summed E-state index contributed by atoms with van der Waals surface area (Å²) < 4.78 is 5.28. The Balaban J connectivity index is 1.39. The van der Waals surface area contributed by atoms with Crippen molar-refractivity contribution in [2.75, 3.05) is 50.7 Å². The molecule has 0 unspecified atom stereocenters. The minimum Gasteiger partial charge on any atom is -0.370 e. The van der Waals surface area contributed by atoms with E-state index in [4.69, 9.17) is 4.52 Å². The SMILES string of the molecule is CCN(CCNC(=O)N1CCN(Cc2cc(C)no2)CC1)c1cccc(C)c1. The first-order chi connectivity index (χ1) is 13.5. The number of hydrogen-bond donors (Lipinski definition) is 1. The highest BCUT2D eigenvalue weighted by Crippen LogP contribution is 2.15. The van der Waals surface area contributed by atoms with E-state index in [1.54, 1.807) is 0 Å². The van der Waals surface area contributed by atoms with Crippen LogP contribution in [0.25, 0.3) is 0 Å². The molecule has 0 bridgehead atoms. The van der Waals surface area contributed by atoms with E-state index in [0.29, 0.717) is 6.54 Å². The molecule has 1 aliphatic heterocycles. The number of benzene rings is 1. The van der Waals surface area contributed by atoms with Crippen molar-refractivity contribution in [3.05, 3.63) is 47.3 Å². The van der Waals surface area contributed by atoms with Crippen LogP contribution in [0.4, 0.5) is 10.5 Å². The Morgan fingerprint density at radius 3 is 2.64 bits per heavy atom. The fraction of sp³-hybridized carbons (Fsp3) is 0.524. The van der Waals surface area contributed by atoms with Crippen molar-refractivity contribution in [3.8, 4) is 0 Å². The molecule has 152 valence electrons. The van der Waals surface area contributed by atoms with Crippen molar-refractivity contribution in [1.29, 1.82) is 0 Å². The highest BCUT2D eigenvalue weighted by atomic mass is 16.5. The van der Waals surface area contributed by atoms with Gasteiger partial charge in [-0.15, -0.1) is 0 Å². The second kappa shape index (κ2) is 9.59. The van der Waals surface area contributed by atoms with Crippen LogP contribution in [0.3, 0.4) is 0 Å². The summed E-state index contributed by atoms with van der Waals surface area (Å²) in [4.78, 5) is 18.9. The molecule has 0 spiro atoms. The number of urea groups is 1. The lowest BCUT2D eigenvalue weighted by atomic mass is 10.2. The number of likely N-dealkylation sites (N-methyl/N-ethyl adjacent to an activating group) is 1. The van der Waals surface area contributed by atoms with E-state index in [0.717, 1.165) is 57.3 Å². The molecule has 2 heterocycles. The number of anilines is 1. The maximum absolute atomic E-state index is 12.5. The minimum absolute atomic E-state index is 0.0236. The van der Waals surface area contributed by atoms with Gasteiger partial charge < -0.3 is 19.6 Å². The van der Waals surface area contributed by atoms with Gasteiger partial charge in [0.1, 0.15) is 0 Å². The quantitative estimate of drug-likeness (QED) is 0.794. The van der Waals surface area contributed by atoms with Crippen LogP contribution in [0.15, 0.2) is 34.9 Å². The Labute approximate surface area is 167 Å². The van der Waals surface area contributed by atoms with Crippen LogP contribution in [-0.2, 0) is 6.54 Å². The molecular formula is C21H31N5O2. The molecule has 2 aromatic rings. The largest absolute Gasteiger partial charge is 0.370 e. The molecule has 28 heavy (non-hydrogen) atoms. The number of carbonyl (C=O) groups is 1. The molecule has 0 saturated carbocycles. The minimum atomic E-state index is 0.0236. The van der Waals surface area contributed by atoms with E-state index in [1.165, 1.54) is 11.3 Å². The molecule has 1 N–H and O–H groups in total. The van der Waals surface area contributed by atoms with Crippen molar-refractivity contribution in [3.63, 3.8) is 0 Å². The van der Waals surface area contributed by atoms with Gasteiger partial charge >= 0.3 is 6.03 Å². The zero-order chi connectivity index (χ0) is 19.9. The lowest BCUT2D eigenvalue weighted by Gasteiger charge is -2.34. The molecule has 3 rings (SSSR count). The third-order valence-electron chi connectivity index (χ3n) is 5.12. The highest BCUT2D eigenvalue weighted by molar-refractivity contribution is 5.74. The zero-order valence-electron chi connectivity index (χ0n) is 17.1. The monoisotopic (exact) mass is 385 g/mol. The van der Waals surface area contributed by atoms with E-state index in [1.807, 2.05) is 17.9 Å². The Morgan fingerprint density at radius 1 is 1.21 bits per heavy atom. The molecule has 0 radical (unpaired) electrons. The van der Waals surface area contributed by atoms with Gasteiger partial charge in [0.2, 0.25) is 0 Å². The number of nitrogens with one attached hydrogen (secondary N) is 1. The number of aryl methyl sites for hydroxylation is 2.